The number of anilines is 1. The summed E-state index contributed by atoms with van der Waals surface area (Å²) in [6, 6.07) is 5.47. The largest absolute Gasteiger partial charge is 0.450 e. The van der Waals surface area contributed by atoms with Gasteiger partial charge in [0.15, 0.2) is 0 Å². The van der Waals surface area contributed by atoms with E-state index >= 15 is 0 Å². The molecule has 0 aliphatic carbocycles. The lowest BCUT2D eigenvalue weighted by atomic mass is 10.2. The van der Waals surface area contributed by atoms with E-state index in [0.717, 1.165) is 10.0 Å². The maximum Gasteiger partial charge on any atom is 0.407 e. The number of halogens is 1. The fraction of sp³-hybridized carbons (Fsp3) is 0.333. The Morgan fingerprint density at radius 1 is 1.39 bits per heavy atom. The van der Waals surface area contributed by atoms with Gasteiger partial charge in [0.2, 0.25) is 5.91 Å². The van der Waals surface area contributed by atoms with Crippen molar-refractivity contribution < 1.29 is 14.3 Å². The van der Waals surface area contributed by atoms with Crippen LogP contribution < -0.4 is 10.6 Å². The molecule has 0 atom stereocenters. The molecule has 0 heterocycles. The number of alkyl carbamates (subject to hydrolysis) is 1. The molecule has 1 aromatic carbocycles. The average Bonchev–Trinajstić information content (AvgIpc) is 2.32. The van der Waals surface area contributed by atoms with Crippen LogP contribution in [0.5, 0.6) is 0 Å². The predicted octanol–water partition coefficient (Wildman–Crippen LogP) is 2.44. The molecule has 0 spiro atoms. The van der Waals surface area contributed by atoms with Gasteiger partial charge >= 0.3 is 6.09 Å². The lowest BCUT2D eigenvalue weighted by molar-refractivity contribution is -0.115. The van der Waals surface area contributed by atoms with Crippen molar-refractivity contribution in [1.29, 1.82) is 0 Å². The number of rotatable bonds is 4. The Balaban J connectivity index is 2.44. The molecule has 2 amide bonds. The van der Waals surface area contributed by atoms with Crippen molar-refractivity contribution in [2.24, 2.45) is 0 Å². The Morgan fingerprint density at radius 3 is 2.72 bits per heavy atom. The number of carbonyl (C=O) groups is 2. The average molecular weight is 315 g/mol. The van der Waals surface area contributed by atoms with Gasteiger partial charge in [-0.3, -0.25) is 4.79 Å². The monoisotopic (exact) mass is 314 g/mol. The standard InChI is InChI=1S/C12H15BrN2O3/c1-3-18-12(17)14-7-11(16)15-9-4-5-10(13)8(2)6-9/h4-6H,3,7H2,1-2H3,(H,14,17)(H,15,16). The third kappa shape index (κ3) is 4.75. The highest BCUT2D eigenvalue weighted by Gasteiger charge is 2.06. The maximum absolute atomic E-state index is 11.5. The summed E-state index contributed by atoms with van der Waals surface area (Å²) < 4.78 is 5.62. The first-order valence-corrected chi connectivity index (χ1v) is 6.29. The minimum absolute atomic E-state index is 0.117. The summed E-state index contributed by atoms with van der Waals surface area (Å²) in [5.41, 5.74) is 1.71. The van der Waals surface area contributed by atoms with Crippen molar-refractivity contribution in [1.82, 2.24) is 5.32 Å². The lowest BCUT2D eigenvalue weighted by Gasteiger charge is -2.08. The fourth-order valence-corrected chi connectivity index (χ4v) is 1.51. The molecule has 0 aliphatic heterocycles. The number of hydrogen-bond acceptors (Lipinski definition) is 3. The summed E-state index contributed by atoms with van der Waals surface area (Å²) in [4.78, 5) is 22.5. The van der Waals surface area contributed by atoms with Crippen LogP contribution in [-0.4, -0.2) is 25.2 Å². The van der Waals surface area contributed by atoms with Crippen LogP contribution in [0.15, 0.2) is 22.7 Å². The van der Waals surface area contributed by atoms with E-state index in [1.54, 1.807) is 13.0 Å². The van der Waals surface area contributed by atoms with Crippen LogP contribution >= 0.6 is 15.9 Å². The van der Waals surface area contributed by atoms with Gasteiger partial charge in [-0.05, 0) is 37.6 Å². The van der Waals surface area contributed by atoms with Gasteiger partial charge in [0.05, 0.1) is 6.61 Å². The van der Waals surface area contributed by atoms with Crippen LogP contribution in [-0.2, 0) is 9.53 Å². The molecule has 98 valence electrons. The highest BCUT2D eigenvalue weighted by Crippen LogP contribution is 2.19. The van der Waals surface area contributed by atoms with Crippen molar-refractivity contribution in [2.45, 2.75) is 13.8 Å². The van der Waals surface area contributed by atoms with Gasteiger partial charge in [0, 0.05) is 10.2 Å². The molecule has 18 heavy (non-hydrogen) atoms. The molecule has 2 N–H and O–H groups in total. The Kier molecular flexibility index (Phi) is 5.64. The second-order valence-electron chi connectivity index (χ2n) is 3.59. The molecule has 0 unspecified atom stereocenters. The Bertz CT molecular complexity index is 449. The Morgan fingerprint density at radius 2 is 2.11 bits per heavy atom. The van der Waals surface area contributed by atoms with Gasteiger partial charge in [-0.1, -0.05) is 15.9 Å². The van der Waals surface area contributed by atoms with Crippen molar-refractivity contribution in [2.75, 3.05) is 18.5 Å². The van der Waals surface area contributed by atoms with E-state index in [1.807, 2.05) is 19.1 Å². The van der Waals surface area contributed by atoms with Crippen LogP contribution in [0.3, 0.4) is 0 Å². The number of nitrogens with one attached hydrogen (secondary N) is 2. The highest BCUT2D eigenvalue weighted by molar-refractivity contribution is 9.10. The number of amides is 2. The molecule has 6 heteroatoms. The summed E-state index contributed by atoms with van der Waals surface area (Å²) in [6.07, 6.45) is -0.598. The van der Waals surface area contributed by atoms with Crippen LogP contribution in [0, 0.1) is 6.92 Å². The first kappa shape index (κ1) is 14.5. The molecule has 0 aromatic heterocycles. The summed E-state index contributed by atoms with van der Waals surface area (Å²) in [5.74, 6) is -0.301. The van der Waals surface area contributed by atoms with E-state index in [1.165, 1.54) is 0 Å². The topological polar surface area (TPSA) is 67.4 Å². The van der Waals surface area contributed by atoms with Gasteiger partial charge < -0.3 is 15.4 Å². The molecular weight excluding hydrogens is 300 g/mol. The van der Waals surface area contributed by atoms with E-state index in [2.05, 4.69) is 31.3 Å². The number of benzene rings is 1. The predicted molar refractivity (Wildman–Crippen MR) is 72.5 cm³/mol. The molecule has 0 saturated heterocycles. The van der Waals surface area contributed by atoms with Gasteiger partial charge in [-0.15, -0.1) is 0 Å². The molecule has 1 aromatic rings. The molecule has 0 saturated carbocycles. The molecule has 0 bridgehead atoms. The van der Waals surface area contributed by atoms with Crippen molar-refractivity contribution in [3.05, 3.63) is 28.2 Å². The van der Waals surface area contributed by atoms with E-state index < -0.39 is 6.09 Å². The fourth-order valence-electron chi connectivity index (χ4n) is 1.26. The van der Waals surface area contributed by atoms with E-state index in [4.69, 9.17) is 0 Å². The number of ether oxygens (including phenoxy) is 1. The second kappa shape index (κ2) is 7.00. The highest BCUT2D eigenvalue weighted by atomic mass is 79.9. The lowest BCUT2D eigenvalue weighted by Crippen LogP contribution is -2.33. The quantitative estimate of drug-likeness (QED) is 0.897. The van der Waals surface area contributed by atoms with Crippen molar-refractivity contribution in [3.8, 4) is 0 Å². The number of hydrogen-bond donors (Lipinski definition) is 2. The smallest absolute Gasteiger partial charge is 0.407 e. The van der Waals surface area contributed by atoms with Crippen molar-refractivity contribution >= 4 is 33.6 Å². The van der Waals surface area contributed by atoms with Crippen LogP contribution in [0.25, 0.3) is 0 Å². The van der Waals surface area contributed by atoms with Gasteiger partial charge in [-0.2, -0.15) is 0 Å². The van der Waals surface area contributed by atoms with Gasteiger partial charge in [0.25, 0.3) is 0 Å². The second-order valence-corrected chi connectivity index (χ2v) is 4.44. The first-order valence-electron chi connectivity index (χ1n) is 5.49. The minimum Gasteiger partial charge on any atom is -0.450 e. The molecule has 5 nitrogen and oxygen atoms in total. The van der Waals surface area contributed by atoms with Gasteiger partial charge in [0.1, 0.15) is 6.54 Å². The zero-order valence-electron chi connectivity index (χ0n) is 10.2. The summed E-state index contributed by atoms with van der Waals surface area (Å²) in [7, 11) is 0. The number of aryl methyl sites for hydroxylation is 1. The summed E-state index contributed by atoms with van der Waals surface area (Å²) in [5, 5.41) is 5.02. The first-order chi connectivity index (χ1) is 8.52. The van der Waals surface area contributed by atoms with E-state index in [0.29, 0.717) is 5.69 Å². The van der Waals surface area contributed by atoms with Crippen LogP contribution in [0.1, 0.15) is 12.5 Å². The maximum atomic E-state index is 11.5. The number of carbonyl (C=O) groups excluding carboxylic acids is 2. The third-order valence-corrected chi connectivity index (χ3v) is 3.00. The molecular formula is C12H15BrN2O3. The zero-order chi connectivity index (χ0) is 13.5. The Hall–Kier alpha value is -1.56. The van der Waals surface area contributed by atoms with E-state index in [9.17, 15) is 9.59 Å². The summed E-state index contributed by atoms with van der Waals surface area (Å²) in [6.45, 7) is 3.79. The van der Waals surface area contributed by atoms with Crippen LogP contribution in [0.2, 0.25) is 0 Å². The van der Waals surface area contributed by atoms with Crippen LogP contribution in [0.4, 0.5) is 10.5 Å². The minimum atomic E-state index is -0.598. The molecule has 0 aliphatic rings. The van der Waals surface area contributed by atoms with E-state index in [-0.39, 0.29) is 19.1 Å². The normalized spacial score (nSPS) is 9.72. The van der Waals surface area contributed by atoms with Crippen molar-refractivity contribution in [3.63, 3.8) is 0 Å². The summed E-state index contributed by atoms with van der Waals surface area (Å²) >= 11 is 3.38. The molecule has 0 radical (unpaired) electrons. The molecule has 0 fully saturated rings. The SMILES string of the molecule is CCOC(=O)NCC(=O)Nc1ccc(Br)c(C)c1. The van der Waals surface area contributed by atoms with Gasteiger partial charge in [-0.25, -0.2) is 4.79 Å². The molecule has 1 rings (SSSR count). The third-order valence-electron chi connectivity index (χ3n) is 2.11. The zero-order valence-corrected chi connectivity index (χ0v) is 11.8. The Labute approximate surface area is 114 Å².